The predicted molar refractivity (Wildman–Crippen MR) is 57.5 cm³/mol. The maximum Gasteiger partial charge on any atom is 0.121 e. The first-order valence-corrected chi connectivity index (χ1v) is 5.48. The summed E-state index contributed by atoms with van der Waals surface area (Å²) in [6, 6.07) is 3.93. The van der Waals surface area contributed by atoms with Gasteiger partial charge in [-0.25, -0.2) is 0 Å². The van der Waals surface area contributed by atoms with Gasteiger partial charge in [-0.2, -0.15) is 0 Å². The SMILES string of the molecule is NCC(NCC1CCCO1)c1ccco1. The Bertz CT molecular complexity index is 268. The zero-order chi connectivity index (χ0) is 10.5. The van der Waals surface area contributed by atoms with Gasteiger partial charge in [-0.15, -0.1) is 0 Å². The Balaban J connectivity index is 1.80. The van der Waals surface area contributed by atoms with E-state index in [9.17, 15) is 0 Å². The standard InChI is InChI=1S/C11H18N2O2/c12-7-10(11-4-2-6-15-11)13-8-9-3-1-5-14-9/h2,4,6,9-10,13H,1,3,5,7-8,12H2. The first-order chi connectivity index (χ1) is 7.40. The number of rotatable bonds is 5. The minimum Gasteiger partial charge on any atom is -0.468 e. The monoisotopic (exact) mass is 210 g/mol. The Kier molecular flexibility index (Phi) is 3.77. The average molecular weight is 210 g/mol. The van der Waals surface area contributed by atoms with E-state index in [2.05, 4.69) is 5.32 Å². The average Bonchev–Trinajstić information content (AvgIpc) is 2.90. The van der Waals surface area contributed by atoms with Crippen LogP contribution in [-0.2, 0) is 4.74 Å². The smallest absolute Gasteiger partial charge is 0.121 e. The van der Waals surface area contributed by atoms with E-state index >= 15 is 0 Å². The quantitative estimate of drug-likeness (QED) is 0.762. The first-order valence-electron chi connectivity index (χ1n) is 5.48. The molecule has 0 saturated carbocycles. The number of nitrogens with two attached hydrogens (primary N) is 1. The lowest BCUT2D eigenvalue weighted by molar-refractivity contribution is 0.107. The van der Waals surface area contributed by atoms with E-state index in [4.69, 9.17) is 14.9 Å². The van der Waals surface area contributed by atoms with Crippen LogP contribution in [0.3, 0.4) is 0 Å². The van der Waals surface area contributed by atoms with Crippen LogP contribution in [0.5, 0.6) is 0 Å². The Hall–Kier alpha value is -0.840. The predicted octanol–water partition coefficient (Wildman–Crippen LogP) is 1.05. The molecule has 1 aromatic heterocycles. The first kappa shape index (κ1) is 10.7. The summed E-state index contributed by atoms with van der Waals surface area (Å²) in [7, 11) is 0. The second-order valence-electron chi connectivity index (χ2n) is 3.85. The van der Waals surface area contributed by atoms with E-state index in [1.165, 1.54) is 6.42 Å². The second kappa shape index (κ2) is 5.30. The van der Waals surface area contributed by atoms with Crippen LogP contribution in [0.25, 0.3) is 0 Å². The lowest BCUT2D eigenvalue weighted by Gasteiger charge is -2.17. The lowest BCUT2D eigenvalue weighted by Crippen LogP contribution is -2.33. The molecular weight excluding hydrogens is 192 g/mol. The van der Waals surface area contributed by atoms with Crippen molar-refractivity contribution in [2.24, 2.45) is 5.73 Å². The summed E-state index contributed by atoms with van der Waals surface area (Å²) in [5.74, 6) is 0.899. The molecule has 0 bridgehead atoms. The van der Waals surface area contributed by atoms with E-state index in [1.54, 1.807) is 6.26 Å². The Labute approximate surface area is 89.8 Å². The third-order valence-corrected chi connectivity index (χ3v) is 2.74. The van der Waals surface area contributed by atoms with Crippen molar-refractivity contribution in [3.63, 3.8) is 0 Å². The highest BCUT2D eigenvalue weighted by Gasteiger charge is 2.18. The van der Waals surface area contributed by atoms with E-state index in [0.717, 1.165) is 25.3 Å². The number of hydrogen-bond donors (Lipinski definition) is 2. The molecule has 0 aliphatic carbocycles. The second-order valence-corrected chi connectivity index (χ2v) is 3.85. The molecule has 1 aliphatic rings. The molecule has 0 radical (unpaired) electrons. The van der Waals surface area contributed by atoms with Crippen LogP contribution in [0, 0.1) is 0 Å². The minimum atomic E-state index is 0.101. The zero-order valence-electron chi connectivity index (χ0n) is 8.82. The lowest BCUT2D eigenvalue weighted by atomic mass is 10.2. The van der Waals surface area contributed by atoms with Crippen molar-refractivity contribution >= 4 is 0 Å². The van der Waals surface area contributed by atoms with E-state index < -0.39 is 0 Å². The maximum atomic E-state index is 5.69. The molecule has 4 heteroatoms. The summed E-state index contributed by atoms with van der Waals surface area (Å²) in [6.45, 7) is 2.28. The molecule has 1 aromatic rings. The van der Waals surface area contributed by atoms with Crippen molar-refractivity contribution in [1.82, 2.24) is 5.32 Å². The molecule has 1 fully saturated rings. The van der Waals surface area contributed by atoms with E-state index in [0.29, 0.717) is 12.6 Å². The topological polar surface area (TPSA) is 60.4 Å². The number of hydrogen-bond acceptors (Lipinski definition) is 4. The fourth-order valence-electron chi connectivity index (χ4n) is 1.87. The van der Waals surface area contributed by atoms with Crippen molar-refractivity contribution in [1.29, 1.82) is 0 Å². The van der Waals surface area contributed by atoms with Crippen molar-refractivity contribution in [2.75, 3.05) is 19.7 Å². The van der Waals surface area contributed by atoms with Gasteiger partial charge < -0.3 is 20.2 Å². The van der Waals surface area contributed by atoms with Crippen molar-refractivity contribution < 1.29 is 9.15 Å². The minimum absolute atomic E-state index is 0.101. The van der Waals surface area contributed by atoms with Crippen LogP contribution >= 0.6 is 0 Å². The van der Waals surface area contributed by atoms with Gasteiger partial charge in [-0.05, 0) is 25.0 Å². The van der Waals surface area contributed by atoms with E-state index in [1.807, 2.05) is 12.1 Å². The van der Waals surface area contributed by atoms with Crippen LogP contribution in [-0.4, -0.2) is 25.8 Å². The molecule has 15 heavy (non-hydrogen) atoms. The molecule has 1 aliphatic heterocycles. The summed E-state index contributed by atoms with van der Waals surface area (Å²) in [4.78, 5) is 0. The van der Waals surface area contributed by atoms with Gasteiger partial charge in [0.05, 0.1) is 18.4 Å². The molecule has 0 aromatic carbocycles. The van der Waals surface area contributed by atoms with Gasteiger partial charge in [0.1, 0.15) is 5.76 Å². The normalized spacial score (nSPS) is 23.1. The van der Waals surface area contributed by atoms with Crippen molar-refractivity contribution in [3.05, 3.63) is 24.2 Å². The number of ether oxygens (including phenoxy) is 1. The Morgan fingerprint density at radius 3 is 3.13 bits per heavy atom. The largest absolute Gasteiger partial charge is 0.468 e. The van der Waals surface area contributed by atoms with Gasteiger partial charge in [-0.1, -0.05) is 0 Å². The zero-order valence-corrected chi connectivity index (χ0v) is 8.82. The molecule has 3 N–H and O–H groups in total. The highest BCUT2D eigenvalue weighted by atomic mass is 16.5. The molecule has 0 spiro atoms. The van der Waals surface area contributed by atoms with Gasteiger partial charge in [-0.3, -0.25) is 0 Å². The van der Waals surface area contributed by atoms with Crippen LogP contribution in [0.2, 0.25) is 0 Å². The molecule has 2 atom stereocenters. The van der Waals surface area contributed by atoms with Crippen molar-refractivity contribution in [3.8, 4) is 0 Å². The molecule has 2 heterocycles. The van der Waals surface area contributed by atoms with E-state index in [-0.39, 0.29) is 6.04 Å². The molecular formula is C11H18N2O2. The third-order valence-electron chi connectivity index (χ3n) is 2.74. The molecule has 2 rings (SSSR count). The molecule has 84 valence electrons. The third kappa shape index (κ3) is 2.81. The maximum absolute atomic E-state index is 5.69. The number of nitrogens with one attached hydrogen (secondary N) is 1. The summed E-state index contributed by atoms with van der Waals surface area (Å²) >= 11 is 0. The molecule has 1 saturated heterocycles. The summed E-state index contributed by atoms with van der Waals surface area (Å²) in [5.41, 5.74) is 5.69. The highest BCUT2D eigenvalue weighted by molar-refractivity contribution is 5.04. The summed E-state index contributed by atoms with van der Waals surface area (Å²) in [6.07, 6.45) is 4.32. The highest BCUT2D eigenvalue weighted by Crippen LogP contribution is 2.15. The van der Waals surface area contributed by atoms with Crippen LogP contribution in [0.4, 0.5) is 0 Å². The summed E-state index contributed by atoms with van der Waals surface area (Å²) < 4.78 is 10.8. The Morgan fingerprint density at radius 1 is 1.60 bits per heavy atom. The molecule has 2 unspecified atom stereocenters. The van der Waals surface area contributed by atoms with Crippen LogP contribution < -0.4 is 11.1 Å². The summed E-state index contributed by atoms with van der Waals surface area (Å²) in [5, 5.41) is 3.37. The van der Waals surface area contributed by atoms with Gasteiger partial charge in [0.25, 0.3) is 0 Å². The van der Waals surface area contributed by atoms with Crippen molar-refractivity contribution in [2.45, 2.75) is 25.0 Å². The van der Waals surface area contributed by atoms with Gasteiger partial charge >= 0.3 is 0 Å². The van der Waals surface area contributed by atoms with Gasteiger partial charge in [0.15, 0.2) is 0 Å². The molecule has 4 nitrogen and oxygen atoms in total. The fourth-order valence-corrected chi connectivity index (χ4v) is 1.87. The van der Waals surface area contributed by atoms with Crippen LogP contribution in [0.1, 0.15) is 24.6 Å². The van der Waals surface area contributed by atoms with Gasteiger partial charge in [0, 0.05) is 19.7 Å². The van der Waals surface area contributed by atoms with Crippen LogP contribution in [0.15, 0.2) is 22.8 Å². The molecule has 0 amide bonds. The number of furan rings is 1. The van der Waals surface area contributed by atoms with Gasteiger partial charge in [0.2, 0.25) is 0 Å². The fraction of sp³-hybridized carbons (Fsp3) is 0.636. The Morgan fingerprint density at radius 2 is 2.53 bits per heavy atom.